The predicted octanol–water partition coefficient (Wildman–Crippen LogP) is 4.00. The van der Waals surface area contributed by atoms with Crippen LogP contribution in [0.5, 0.6) is 0 Å². The molecule has 1 heterocycles. The summed E-state index contributed by atoms with van der Waals surface area (Å²) in [5.41, 5.74) is 2.37. The van der Waals surface area contributed by atoms with Crippen molar-refractivity contribution in [1.82, 2.24) is 8.87 Å². The highest BCUT2D eigenvalue weighted by atomic mass is 32.2. The molecule has 0 saturated heterocycles. The average Bonchev–Trinajstić information content (AvgIpc) is 3.17. The highest BCUT2D eigenvalue weighted by molar-refractivity contribution is 7.89. The molecular weight excluding hydrogens is 437 g/mol. The summed E-state index contributed by atoms with van der Waals surface area (Å²) < 4.78 is 42.1. The van der Waals surface area contributed by atoms with Crippen molar-refractivity contribution in [2.45, 2.75) is 31.7 Å². The summed E-state index contributed by atoms with van der Waals surface area (Å²) in [7, 11) is -3.52. The van der Waals surface area contributed by atoms with Crippen LogP contribution in [0, 0.1) is 5.82 Å². The smallest absolute Gasteiger partial charge is 0.243 e. The van der Waals surface area contributed by atoms with Crippen LogP contribution < -0.4 is 4.80 Å². The average molecular weight is 464 g/mol. The van der Waals surface area contributed by atoms with Gasteiger partial charge in [0, 0.05) is 31.6 Å². The van der Waals surface area contributed by atoms with Crippen LogP contribution in [-0.4, -0.2) is 42.1 Å². The second-order valence-electron chi connectivity index (χ2n) is 6.83. The van der Waals surface area contributed by atoms with Crippen molar-refractivity contribution >= 4 is 27.0 Å². The predicted molar refractivity (Wildman–Crippen MR) is 121 cm³/mol. The molecule has 0 unspecified atom stereocenters. The van der Waals surface area contributed by atoms with Gasteiger partial charge in [-0.05, 0) is 48.4 Å². The summed E-state index contributed by atoms with van der Waals surface area (Å²) in [5.74, 6) is -0.321. The topological polar surface area (TPSA) is 74.9 Å². The molecule has 3 rings (SSSR count). The number of hydrogen-bond donors (Lipinski definition) is 1. The number of aliphatic hydroxyl groups excluding tert-OH is 1. The molecule has 2 aromatic carbocycles. The zero-order valence-electron chi connectivity index (χ0n) is 17.5. The van der Waals surface area contributed by atoms with Crippen molar-refractivity contribution in [2.75, 3.05) is 19.7 Å². The van der Waals surface area contributed by atoms with Crippen molar-refractivity contribution < 1.29 is 17.9 Å². The van der Waals surface area contributed by atoms with Crippen LogP contribution in [-0.2, 0) is 16.6 Å². The fourth-order valence-electron chi connectivity index (χ4n) is 3.23. The largest absolute Gasteiger partial charge is 0.396 e. The first-order valence-corrected chi connectivity index (χ1v) is 12.4. The molecule has 0 aliphatic rings. The SMILES string of the molecule is CCN(CC)S(=O)(=O)c1ccc(-c2csc(=Nc3ccc(F)cc3)n2CCCO)cc1. The lowest BCUT2D eigenvalue weighted by Crippen LogP contribution is -2.30. The highest BCUT2D eigenvalue weighted by Gasteiger charge is 2.21. The molecule has 0 saturated carbocycles. The summed E-state index contributed by atoms with van der Waals surface area (Å²) in [5, 5.41) is 11.3. The number of aromatic nitrogens is 1. The third kappa shape index (κ3) is 5.30. The normalized spacial score (nSPS) is 12.6. The van der Waals surface area contributed by atoms with E-state index in [0.29, 0.717) is 31.7 Å². The third-order valence-electron chi connectivity index (χ3n) is 4.88. The lowest BCUT2D eigenvalue weighted by molar-refractivity contribution is 0.279. The number of rotatable bonds is 9. The molecule has 0 spiro atoms. The van der Waals surface area contributed by atoms with E-state index in [9.17, 15) is 17.9 Å². The molecule has 0 bridgehead atoms. The maximum absolute atomic E-state index is 13.2. The Balaban J connectivity index is 2.01. The van der Waals surface area contributed by atoms with E-state index in [4.69, 9.17) is 0 Å². The Morgan fingerprint density at radius 3 is 2.29 bits per heavy atom. The second-order valence-corrected chi connectivity index (χ2v) is 9.61. The Bertz CT molecular complexity index is 1160. The van der Waals surface area contributed by atoms with Crippen LogP contribution >= 0.6 is 11.3 Å². The summed E-state index contributed by atoms with van der Waals surface area (Å²) in [6, 6.07) is 12.8. The maximum Gasteiger partial charge on any atom is 0.243 e. The van der Waals surface area contributed by atoms with E-state index >= 15 is 0 Å². The minimum absolute atomic E-state index is 0.0410. The number of hydrogen-bond acceptors (Lipinski definition) is 5. The number of sulfonamides is 1. The number of nitrogens with zero attached hydrogens (tertiary/aromatic N) is 3. The van der Waals surface area contributed by atoms with Gasteiger partial charge in [-0.15, -0.1) is 11.3 Å². The number of benzene rings is 2. The van der Waals surface area contributed by atoms with Gasteiger partial charge in [-0.25, -0.2) is 17.8 Å². The van der Waals surface area contributed by atoms with Gasteiger partial charge >= 0.3 is 0 Å². The van der Waals surface area contributed by atoms with Gasteiger partial charge in [0.15, 0.2) is 4.80 Å². The van der Waals surface area contributed by atoms with Crippen LogP contribution in [0.1, 0.15) is 20.3 Å². The molecule has 1 N–H and O–H groups in total. The standard InChI is InChI=1S/C22H26FN3O3S2/c1-3-25(4-2)31(28,29)20-12-6-17(7-13-20)21-16-30-22(26(21)14-5-15-27)24-19-10-8-18(23)9-11-19/h6-13,16,27H,3-5,14-15H2,1-2H3. The molecule has 31 heavy (non-hydrogen) atoms. The van der Waals surface area contributed by atoms with Gasteiger partial charge in [0.25, 0.3) is 0 Å². The maximum atomic E-state index is 13.2. The van der Waals surface area contributed by atoms with E-state index in [1.807, 2.05) is 23.8 Å². The van der Waals surface area contributed by atoms with Gasteiger partial charge in [0.05, 0.1) is 16.3 Å². The van der Waals surface area contributed by atoms with Crippen molar-refractivity contribution in [3.05, 3.63) is 64.5 Å². The quantitative estimate of drug-likeness (QED) is 0.521. The van der Waals surface area contributed by atoms with Crippen LogP contribution in [0.2, 0.25) is 0 Å². The molecule has 0 amide bonds. The number of halogens is 1. The lowest BCUT2D eigenvalue weighted by atomic mass is 10.2. The molecular formula is C22H26FN3O3S2. The van der Waals surface area contributed by atoms with E-state index in [0.717, 1.165) is 16.1 Å². The van der Waals surface area contributed by atoms with Gasteiger partial charge < -0.3 is 9.67 Å². The van der Waals surface area contributed by atoms with Crippen LogP contribution in [0.25, 0.3) is 11.3 Å². The monoisotopic (exact) mass is 463 g/mol. The van der Waals surface area contributed by atoms with Gasteiger partial charge in [-0.2, -0.15) is 4.31 Å². The van der Waals surface area contributed by atoms with Crippen molar-refractivity contribution in [2.24, 2.45) is 4.99 Å². The minimum atomic E-state index is -3.52. The molecule has 1 aromatic heterocycles. The molecule has 0 aliphatic carbocycles. The van der Waals surface area contributed by atoms with E-state index in [2.05, 4.69) is 4.99 Å². The van der Waals surface area contributed by atoms with Crippen molar-refractivity contribution in [3.63, 3.8) is 0 Å². The zero-order chi connectivity index (χ0) is 22.4. The molecule has 9 heteroatoms. The summed E-state index contributed by atoms with van der Waals surface area (Å²) in [6.45, 7) is 5.06. The van der Waals surface area contributed by atoms with E-state index in [1.54, 1.807) is 36.4 Å². The third-order valence-corrected chi connectivity index (χ3v) is 7.81. The van der Waals surface area contributed by atoms with Gasteiger partial charge in [-0.1, -0.05) is 26.0 Å². The van der Waals surface area contributed by atoms with Crippen LogP contribution in [0.15, 0.2) is 63.8 Å². The van der Waals surface area contributed by atoms with Crippen molar-refractivity contribution in [3.8, 4) is 11.3 Å². The number of aliphatic hydroxyl groups is 1. The molecule has 0 aliphatic heterocycles. The lowest BCUT2D eigenvalue weighted by Gasteiger charge is -2.18. The first-order valence-electron chi connectivity index (χ1n) is 10.1. The Labute approximate surface area is 186 Å². The van der Waals surface area contributed by atoms with E-state index < -0.39 is 10.0 Å². The Hall–Kier alpha value is -2.33. The molecule has 166 valence electrons. The van der Waals surface area contributed by atoms with Crippen LogP contribution in [0.3, 0.4) is 0 Å². The first-order chi connectivity index (χ1) is 14.9. The van der Waals surface area contributed by atoms with Gasteiger partial charge in [0.1, 0.15) is 5.82 Å². The van der Waals surface area contributed by atoms with Gasteiger partial charge in [0.2, 0.25) is 10.0 Å². The summed E-state index contributed by atoms with van der Waals surface area (Å²) in [4.78, 5) is 5.59. The molecule has 6 nitrogen and oxygen atoms in total. The summed E-state index contributed by atoms with van der Waals surface area (Å²) in [6.07, 6.45) is 0.550. The molecule has 0 radical (unpaired) electrons. The minimum Gasteiger partial charge on any atom is -0.396 e. The second kappa shape index (κ2) is 10.3. The molecule has 0 atom stereocenters. The highest BCUT2D eigenvalue weighted by Crippen LogP contribution is 2.24. The summed E-state index contributed by atoms with van der Waals surface area (Å²) >= 11 is 1.44. The Kier molecular flexibility index (Phi) is 7.77. The zero-order valence-corrected chi connectivity index (χ0v) is 19.2. The number of thiazole rings is 1. The fourth-order valence-corrected chi connectivity index (χ4v) is 5.64. The van der Waals surface area contributed by atoms with Crippen LogP contribution in [0.4, 0.5) is 10.1 Å². The molecule has 3 aromatic rings. The van der Waals surface area contributed by atoms with Gasteiger partial charge in [-0.3, -0.25) is 0 Å². The van der Waals surface area contributed by atoms with E-state index in [-0.39, 0.29) is 17.3 Å². The molecule has 0 fully saturated rings. The fraction of sp³-hybridized carbons (Fsp3) is 0.318. The Morgan fingerprint density at radius 2 is 1.71 bits per heavy atom. The Morgan fingerprint density at radius 1 is 1.06 bits per heavy atom. The van der Waals surface area contributed by atoms with E-state index in [1.165, 1.54) is 27.8 Å². The first kappa shape index (κ1) is 23.3. The van der Waals surface area contributed by atoms with Crippen molar-refractivity contribution in [1.29, 1.82) is 0 Å².